The summed E-state index contributed by atoms with van der Waals surface area (Å²) in [7, 11) is 0. The summed E-state index contributed by atoms with van der Waals surface area (Å²) in [5.41, 5.74) is -1.14. The van der Waals surface area contributed by atoms with E-state index >= 15 is 0 Å². The summed E-state index contributed by atoms with van der Waals surface area (Å²) >= 11 is 17.5. The van der Waals surface area contributed by atoms with Crippen LogP contribution >= 0.6 is 34.8 Å². The first-order valence-electron chi connectivity index (χ1n) is 6.82. The number of rotatable bonds is 2. The van der Waals surface area contributed by atoms with Crippen LogP contribution in [0.4, 0.5) is 13.2 Å². The Morgan fingerprint density at radius 1 is 0.840 bits per heavy atom. The Morgan fingerprint density at radius 3 is 2.20 bits per heavy atom. The zero-order valence-electron chi connectivity index (χ0n) is 12.2. The van der Waals surface area contributed by atoms with Crippen LogP contribution in [0, 0.1) is 0 Å². The Morgan fingerprint density at radius 2 is 1.52 bits per heavy atom. The van der Waals surface area contributed by atoms with Crippen LogP contribution in [0.1, 0.15) is 5.56 Å². The highest BCUT2D eigenvalue weighted by Gasteiger charge is 2.36. The quantitative estimate of drug-likeness (QED) is 0.451. The Labute approximate surface area is 155 Å². The van der Waals surface area contributed by atoms with Crippen molar-refractivity contribution in [3.05, 3.63) is 63.1 Å². The first kappa shape index (κ1) is 18.0. The standard InChI is InChI=1S/C17H8Cl3F3O2/c18-13-7-12(17(21,22)23)14(19)15(20)16(13)25-11-4-2-8-1-3-10(24)5-9(8)6-11/h1-7,24H. The van der Waals surface area contributed by atoms with E-state index in [1.54, 1.807) is 24.3 Å². The topological polar surface area (TPSA) is 29.5 Å². The van der Waals surface area contributed by atoms with Gasteiger partial charge in [0.1, 0.15) is 16.5 Å². The van der Waals surface area contributed by atoms with E-state index in [1.807, 2.05) is 0 Å². The van der Waals surface area contributed by atoms with Gasteiger partial charge in [0, 0.05) is 0 Å². The molecule has 0 bridgehead atoms. The van der Waals surface area contributed by atoms with E-state index in [9.17, 15) is 18.3 Å². The number of fused-ring (bicyclic) bond motifs is 1. The van der Waals surface area contributed by atoms with Gasteiger partial charge in [-0.3, -0.25) is 0 Å². The molecule has 130 valence electrons. The summed E-state index contributed by atoms with van der Waals surface area (Å²) < 4.78 is 44.3. The summed E-state index contributed by atoms with van der Waals surface area (Å²) in [4.78, 5) is 0. The third-order valence-corrected chi connectivity index (χ3v) is 4.57. The fraction of sp³-hybridized carbons (Fsp3) is 0.0588. The molecular weight excluding hydrogens is 400 g/mol. The Kier molecular flexibility index (Phi) is 4.66. The Bertz CT molecular complexity index is 971. The minimum absolute atomic E-state index is 0.0679. The van der Waals surface area contributed by atoms with Crippen LogP contribution in [-0.4, -0.2) is 5.11 Å². The minimum Gasteiger partial charge on any atom is -0.508 e. The van der Waals surface area contributed by atoms with E-state index in [2.05, 4.69) is 0 Å². The molecule has 0 aromatic heterocycles. The van der Waals surface area contributed by atoms with Gasteiger partial charge in [-0.15, -0.1) is 0 Å². The smallest absolute Gasteiger partial charge is 0.417 e. The van der Waals surface area contributed by atoms with Crippen LogP contribution in [-0.2, 0) is 6.18 Å². The lowest BCUT2D eigenvalue weighted by atomic mass is 10.1. The largest absolute Gasteiger partial charge is 0.508 e. The maximum atomic E-state index is 12.9. The second-order valence-corrected chi connectivity index (χ2v) is 6.32. The molecule has 0 aliphatic heterocycles. The number of halogens is 6. The van der Waals surface area contributed by atoms with Crippen LogP contribution in [0.2, 0.25) is 15.1 Å². The predicted molar refractivity (Wildman–Crippen MR) is 92.2 cm³/mol. The Balaban J connectivity index is 2.05. The van der Waals surface area contributed by atoms with E-state index in [1.165, 1.54) is 12.1 Å². The van der Waals surface area contributed by atoms with Gasteiger partial charge in [-0.25, -0.2) is 0 Å². The lowest BCUT2D eigenvalue weighted by Crippen LogP contribution is -2.06. The summed E-state index contributed by atoms with van der Waals surface area (Å²) in [6.45, 7) is 0. The first-order chi connectivity index (χ1) is 11.7. The number of phenols is 1. The molecule has 8 heteroatoms. The second-order valence-electron chi connectivity index (χ2n) is 5.16. The molecule has 0 spiro atoms. The van der Waals surface area contributed by atoms with E-state index in [-0.39, 0.29) is 22.3 Å². The SMILES string of the molecule is Oc1ccc2ccc(Oc3c(Cl)cc(C(F)(F)F)c(Cl)c3Cl)cc2c1. The highest BCUT2D eigenvalue weighted by Crippen LogP contribution is 2.47. The zero-order chi connectivity index (χ0) is 18.4. The van der Waals surface area contributed by atoms with E-state index < -0.39 is 21.8 Å². The highest BCUT2D eigenvalue weighted by atomic mass is 35.5. The lowest BCUT2D eigenvalue weighted by molar-refractivity contribution is -0.137. The van der Waals surface area contributed by atoms with Crippen LogP contribution in [0.5, 0.6) is 17.2 Å². The zero-order valence-corrected chi connectivity index (χ0v) is 14.4. The molecule has 0 aliphatic carbocycles. The normalized spacial score (nSPS) is 11.8. The molecule has 0 atom stereocenters. The maximum Gasteiger partial charge on any atom is 0.417 e. The molecule has 0 saturated heterocycles. The molecule has 1 N–H and O–H groups in total. The van der Waals surface area contributed by atoms with Crippen molar-refractivity contribution >= 4 is 45.6 Å². The van der Waals surface area contributed by atoms with Crippen molar-refractivity contribution in [3.8, 4) is 17.2 Å². The Hall–Kier alpha value is -1.82. The molecular formula is C17H8Cl3F3O2. The van der Waals surface area contributed by atoms with Gasteiger partial charge in [0.2, 0.25) is 0 Å². The molecule has 3 rings (SSSR count). The third kappa shape index (κ3) is 3.59. The molecule has 0 radical (unpaired) electrons. The fourth-order valence-corrected chi connectivity index (χ4v) is 3.05. The highest BCUT2D eigenvalue weighted by molar-refractivity contribution is 6.45. The molecule has 0 unspecified atom stereocenters. The predicted octanol–water partition coefficient (Wildman–Crippen LogP) is 7.32. The average Bonchev–Trinajstić information content (AvgIpc) is 2.53. The third-order valence-electron chi connectivity index (χ3n) is 3.44. The van der Waals surface area contributed by atoms with Gasteiger partial charge in [-0.05, 0) is 41.1 Å². The van der Waals surface area contributed by atoms with Gasteiger partial charge >= 0.3 is 6.18 Å². The maximum absolute atomic E-state index is 12.9. The minimum atomic E-state index is -4.69. The monoisotopic (exact) mass is 406 g/mol. The van der Waals surface area contributed by atoms with Crippen molar-refractivity contribution in [2.24, 2.45) is 0 Å². The van der Waals surface area contributed by atoms with Crippen molar-refractivity contribution in [1.29, 1.82) is 0 Å². The molecule has 0 saturated carbocycles. The number of hydrogen-bond acceptors (Lipinski definition) is 2. The van der Waals surface area contributed by atoms with Gasteiger partial charge in [0.25, 0.3) is 0 Å². The van der Waals surface area contributed by atoms with Crippen LogP contribution < -0.4 is 4.74 Å². The molecule has 0 amide bonds. The number of ether oxygens (including phenoxy) is 1. The van der Waals surface area contributed by atoms with Crippen molar-refractivity contribution in [1.82, 2.24) is 0 Å². The summed E-state index contributed by atoms with van der Waals surface area (Å²) in [6, 6.07) is 10.3. The van der Waals surface area contributed by atoms with Crippen molar-refractivity contribution in [2.45, 2.75) is 6.18 Å². The summed E-state index contributed by atoms with van der Waals surface area (Å²) in [5, 5.41) is 9.60. The van der Waals surface area contributed by atoms with Gasteiger partial charge < -0.3 is 9.84 Å². The number of benzene rings is 3. The van der Waals surface area contributed by atoms with Crippen LogP contribution in [0.15, 0.2) is 42.5 Å². The van der Waals surface area contributed by atoms with Crippen LogP contribution in [0.3, 0.4) is 0 Å². The van der Waals surface area contributed by atoms with E-state index in [0.29, 0.717) is 11.5 Å². The molecule has 25 heavy (non-hydrogen) atoms. The molecule has 3 aromatic rings. The van der Waals surface area contributed by atoms with Crippen molar-refractivity contribution in [3.63, 3.8) is 0 Å². The van der Waals surface area contributed by atoms with Gasteiger partial charge in [0.05, 0.1) is 15.6 Å². The van der Waals surface area contributed by atoms with E-state index in [4.69, 9.17) is 39.5 Å². The lowest BCUT2D eigenvalue weighted by Gasteiger charge is -2.15. The number of hydrogen-bond donors (Lipinski definition) is 1. The number of aromatic hydroxyl groups is 1. The molecule has 0 aliphatic rings. The average molecular weight is 408 g/mol. The van der Waals surface area contributed by atoms with Gasteiger partial charge in [0.15, 0.2) is 5.75 Å². The second kappa shape index (κ2) is 6.48. The van der Waals surface area contributed by atoms with Crippen molar-refractivity contribution in [2.75, 3.05) is 0 Å². The van der Waals surface area contributed by atoms with Crippen molar-refractivity contribution < 1.29 is 23.0 Å². The molecule has 0 fully saturated rings. The molecule has 3 aromatic carbocycles. The van der Waals surface area contributed by atoms with Crippen LogP contribution in [0.25, 0.3) is 10.8 Å². The van der Waals surface area contributed by atoms with E-state index in [0.717, 1.165) is 5.39 Å². The van der Waals surface area contributed by atoms with Gasteiger partial charge in [-0.2, -0.15) is 13.2 Å². The summed E-state index contributed by atoms with van der Waals surface area (Å²) in [5.74, 6) is 0.164. The molecule has 2 nitrogen and oxygen atoms in total. The summed E-state index contributed by atoms with van der Waals surface area (Å²) in [6.07, 6.45) is -4.69. The molecule has 0 heterocycles. The first-order valence-corrected chi connectivity index (χ1v) is 7.95. The number of phenolic OH excluding ortho intramolecular Hbond substituents is 1. The fourth-order valence-electron chi connectivity index (χ4n) is 2.27. The number of alkyl halides is 3. The van der Waals surface area contributed by atoms with Gasteiger partial charge in [-0.1, -0.05) is 46.9 Å².